The number of fused-ring (bicyclic) bond motifs is 4. The third kappa shape index (κ3) is 10.5. The predicted molar refractivity (Wildman–Crippen MR) is 283 cm³/mol. The molecule has 0 aromatic heterocycles. The van der Waals surface area contributed by atoms with Crippen molar-refractivity contribution >= 4 is 0 Å². The Balaban J connectivity index is 0.870. The second-order valence-corrected chi connectivity index (χ2v) is 28.2. The number of aliphatic hydroxyl groups excluding tert-OH is 13. The standard InChI is InChI=1S/C58H94O26/c1-23(2)15-25-16-56(8,72)47-26-9-10-32-54(6)13-12-33(53(4,5)31(54)11-14-55(32,7)57(26)21-58(47,84-25)76-22-57)80-51-46(83-50-43(71)38(66)34(62)24(3)77-50)44(28(61)19-74-51)81-52-45(82-49-41(69)35(63)27(60)18-73-49)40(68)37(65)30(79-52)20-75-48-42(70)39(67)36(64)29(17-59)78-48/h15,24-52,59-72H,9-14,16-22H2,1-8H3/t24-,25-,26+,27-,28+,29+,30-,31+,32-,33-,34-,35+,36+,37+,38-,39+,40+,41-,42+,43-,44-,45+,46-,47+,48-,49-,50+,51+,52-,54+,55+,56+,57-,58-/m1/s1. The fourth-order valence-corrected chi connectivity index (χ4v) is 18.3. The summed E-state index contributed by atoms with van der Waals surface area (Å²) in [6.45, 7) is 14.8. The topological polar surface area (TPSA) is 394 Å². The van der Waals surface area contributed by atoms with E-state index in [1.165, 1.54) is 6.92 Å². The van der Waals surface area contributed by atoms with Crippen LogP contribution in [0.4, 0.5) is 0 Å². The van der Waals surface area contributed by atoms with Crippen LogP contribution in [-0.2, 0) is 56.8 Å². The van der Waals surface area contributed by atoms with Crippen LogP contribution in [0.15, 0.2) is 11.6 Å². The van der Waals surface area contributed by atoms with E-state index in [4.69, 9.17) is 56.8 Å². The molecule has 0 radical (unpaired) electrons. The van der Waals surface area contributed by atoms with Gasteiger partial charge in [-0.3, -0.25) is 0 Å². The number of aliphatic hydroxyl groups is 14. The normalized spacial score (nSPS) is 57.1. The number of hydrogen-bond donors (Lipinski definition) is 14. The summed E-state index contributed by atoms with van der Waals surface area (Å²) < 4.78 is 75.5. The average molecular weight is 1210 g/mol. The molecule has 0 aromatic rings. The van der Waals surface area contributed by atoms with Crippen LogP contribution in [0.25, 0.3) is 0 Å². The lowest BCUT2D eigenvalue weighted by Gasteiger charge is -2.70. The molecule has 84 heavy (non-hydrogen) atoms. The summed E-state index contributed by atoms with van der Waals surface area (Å²) >= 11 is 0. The molecule has 7 heterocycles. The Morgan fingerprint density at radius 2 is 1.21 bits per heavy atom. The van der Waals surface area contributed by atoms with Crippen molar-refractivity contribution in [3.63, 3.8) is 0 Å². The van der Waals surface area contributed by atoms with E-state index in [1.54, 1.807) is 0 Å². The minimum absolute atomic E-state index is 0.110. The first-order valence-corrected chi connectivity index (χ1v) is 30.3. The minimum Gasteiger partial charge on any atom is -0.394 e. The molecule has 4 aliphatic carbocycles. The van der Waals surface area contributed by atoms with Crippen LogP contribution < -0.4 is 0 Å². The second kappa shape index (κ2) is 23.4. The van der Waals surface area contributed by atoms with Crippen molar-refractivity contribution in [2.24, 2.45) is 45.3 Å². The number of rotatable bonds is 13. The van der Waals surface area contributed by atoms with Crippen LogP contribution in [0, 0.1) is 45.3 Å². The van der Waals surface area contributed by atoms with Gasteiger partial charge >= 0.3 is 0 Å². The number of hydrogen-bond acceptors (Lipinski definition) is 26. The smallest absolute Gasteiger partial charge is 0.187 e. The zero-order valence-electron chi connectivity index (χ0n) is 49.2. The van der Waals surface area contributed by atoms with Crippen molar-refractivity contribution in [2.75, 3.05) is 33.0 Å². The van der Waals surface area contributed by atoms with Crippen LogP contribution in [0.1, 0.15) is 107 Å². The van der Waals surface area contributed by atoms with E-state index in [0.717, 1.165) is 44.1 Å². The van der Waals surface area contributed by atoms with E-state index in [2.05, 4.69) is 33.8 Å². The summed E-state index contributed by atoms with van der Waals surface area (Å²) in [5.74, 6) is -0.440. The third-order valence-electron chi connectivity index (χ3n) is 22.5. The molecule has 482 valence electrons. The molecule has 2 bridgehead atoms. The molecular weight excluding hydrogens is 1110 g/mol. The summed E-state index contributed by atoms with van der Waals surface area (Å²) in [5, 5.41) is 154. The molecule has 0 amide bonds. The van der Waals surface area contributed by atoms with Crippen molar-refractivity contribution in [2.45, 2.75) is 272 Å². The van der Waals surface area contributed by atoms with Gasteiger partial charge in [-0.15, -0.1) is 0 Å². The van der Waals surface area contributed by atoms with Gasteiger partial charge in [-0.05, 0) is 100 Å². The lowest BCUT2D eigenvalue weighted by molar-refractivity contribution is -0.401. The van der Waals surface area contributed by atoms with Gasteiger partial charge in [0.2, 0.25) is 0 Å². The maximum atomic E-state index is 12.3. The molecule has 34 atom stereocenters. The van der Waals surface area contributed by atoms with Crippen molar-refractivity contribution in [3.05, 3.63) is 11.6 Å². The van der Waals surface area contributed by atoms with E-state index in [0.29, 0.717) is 19.4 Å². The van der Waals surface area contributed by atoms with Crippen LogP contribution in [0.2, 0.25) is 0 Å². The SMILES string of the molecule is CC(C)=C[C@@H]1C[C@](C)(O)[C@@H]2[C@@H]3CC[C@@H]4[C@@]5(C)CC[C@@H](O[C@@H]6OC[C@H](O)[C@@H](O[C@H]7O[C@H](CO[C@@H]8O[C@@H](CO)[C@H](O)[C@H](O)[C@@H]8O)[C@H](O)[C@H](O)[C@@H]7O[C@H]7OC[C@@H](O)[C@H](O)[C@H]7O)[C@H]6O[C@@H]6O[C@H](C)[C@@H](O)[C@@H](O)[C@H]6O)C(C)(C)[C@@H]5CC[C@]4(C)[C@]34CO[C@]2(C4)O1. The fraction of sp³-hybridized carbons (Fsp3) is 0.966. The quantitative estimate of drug-likeness (QED) is 0.0658. The second-order valence-electron chi connectivity index (χ2n) is 28.2. The highest BCUT2D eigenvalue weighted by atomic mass is 16.8. The Kier molecular flexibility index (Phi) is 17.9. The van der Waals surface area contributed by atoms with Gasteiger partial charge < -0.3 is 128 Å². The molecule has 26 nitrogen and oxygen atoms in total. The highest BCUT2D eigenvalue weighted by molar-refractivity contribution is 5.27. The van der Waals surface area contributed by atoms with Crippen molar-refractivity contribution in [1.29, 1.82) is 0 Å². The van der Waals surface area contributed by atoms with Crippen LogP contribution in [0.3, 0.4) is 0 Å². The average Bonchev–Trinajstić information content (AvgIpc) is 1.44. The fourth-order valence-electron chi connectivity index (χ4n) is 18.3. The van der Waals surface area contributed by atoms with Crippen LogP contribution in [0.5, 0.6) is 0 Å². The zero-order valence-corrected chi connectivity index (χ0v) is 49.2. The Labute approximate surface area is 488 Å². The van der Waals surface area contributed by atoms with Gasteiger partial charge in [0.15, 0.2) is 37.2 Å². The predicted octanol–water partition coefficient (Wildman–Crippen LogP) is -2.72. The van der Waals surface area contributed by atoms with Crippen molar-refractivity contribution in [1.82, 2.24) is 0 Å². The summed E-state index contributed by atoms with van der Waals surface area (Å²) in [6, 6.07) is 0. The number of ether oxygens (including phenoxy) is 12. The Hall–Kier alpha value is -1.30. The maximum Gasteiger partial charge on any atom is 0.187 e. The summed E-state index contributed by atoms with van der Waals surface area (Å²) in [7, 11) is 0. The van der Waals surface area contributed by atoms with Gasteiger partial charge in [-0.1, -0.05) is 39.3 Å². The molecule has 7 aliphatic heterocycles. The highest BCUT2D eigenvalue weighted by Crippen LogP contribution is 2.80. The van der Waals surface area contributed by atoms with Gasteiger partial charge in [0, 0.05) is 24.2 Å². The minimum atomic E-state index is -2.04. The van der Waals surface area contributed by atoms with Crippen LogP contribution in [-0.4, -0.2) is 269 Å². The van der Waals surface area contributed by atoms with Gasteiger partial charge in [0.1, 0.15) is 104 Å². The van der Waals surface area contributed by atoms with E-state index in [1.807, 2.05) is 20.8 Å². The molecule has 11 rings (SSSR count). The van der Waals surface area contributed by atoms with Crippen LogP contribution >= 0.6 is 0 Å². The van der Waals surface area contributed by atoms with E-state index in [-0.39, 0.29) is 46.0 Å². The first-order chi connectivity index (χ1) is 39.4. The summed E-state index contributed by atoms with van der Waals surface area (Å²) in [6.07, 6.45) is -31.8. The van der Waals surface area contributed by atoms with Gasteiger partial charge in [-0.25, -0.2) is 0 Å². The van der Waals surface area contributed by atoms with E-state index < -0.39 is 191 Å². The van der Waals surface area contributed by atoms with Crippen molar-refractivity contribution in [3.8, 4) is 0 Å². The molecule has 2 spiro atoms. The molecular formula is C58H94O26. The van der Waals surface area contributed by atoms with Crippen molar-refractivity contribution < 1.29 is 128 Å². The van der Waals surface area contributed by atoms with Gasteiger partial charge in [0.25, 0.3) is 0 Å². The molecule has 14 N–H and O–H groups in total. The number of allylic oxidation sites excluding steroid dienone is 1. The molecule has 0 aromatic carbocycles. The Morgan fingerprint density at radius 3 is 1.93 bits per heavy atom. The van der Waals surface area contributed by atoms with Gasteiger partial charge in [-0.2, -0.15) is 0 Å². The Morgan fingerprint density at radius 1 is 0.583 bits per heavy atom. The molecule has 11 fully saturated rings. The molecule has 11 aliphatic rings. The third-order valence-corrected chi connectivity index (χ3v) is 22.5. The lowest BCUT2D eigenvalue weighted by atomic mass is 9.35. The summed E-state index contributed by atoms with van der Waals surface area (Å²) in [4.78, 5) is 0. The molecule has 4 saturated carbocycles. The highest BCUT2D eigenvalue weighted by Gasteiger charge is 2.81. The molecule has 7 saturated heterocycles. The monoisotopic (exact) mass is 1210 g/mol. The zero-order chi connectivity index (χ0) is 60.7. The first-order valence-electron chi connectivity index (χ1n) is 30.3. The molecule has 26 heteroatoms. The lowest BCUT2D eigenvalue weighted by Crippen LogP contribution is -2.68. The maximum absolute atomic E-state index is 12.3. The van der Waals surface area contributed by atoms with E-state index >= 15 is 0 Å². The Bertz CT molecular complexity index is 2330. The molecule has 0 unspecified atom stereocenters. The van der Waals surface area contributed by atoms with Gasteiger partial charge in [0.05, 0.1) is 56.9 Å². The summed E-state index contributed by atoms with van der Waals surface area (Å²) in [5.41, 5.74) is -0.980. The van der Waals surface area contributed by atoms with E-state index in [9.17, 15) is 71.5 Å². The largest absolute Gasteiger partial charge is 0.394 e. The first kappa shape index (κ1) is 64.2.